The third-order valence-electron chi connectivity index (χ3n) is 11.4. The molecule has 0 amide bonds. The van der Waals surface area contributed by atoms with E-state index < -0.39 is 6.10 Å². The van der Waals surface area contributed by atoms with E-state index in [0.29, 0.717) is 19.3 Å². The summed E-state index contributed by atoms with van der Waals surface area (Å²) in [5, 5.41) is 0. The van der Waals surface area contributed by atoms with E-state index in [1.165, 1.54) is 186 Å². The van der Waals surface area contributed by atoms with Crippen LogP contribution in [0.3, 0.4) is 0 Å². The summed E-state index contributed by atoms with van der Waals surface area (Å²) in [6.07, 6.45) is 48.0. The predicted molar refractivity (Wildman–Crippen MR) is 238 cm³/mol. The summed E-state index contributed by atoms with van der Waals surface area (Å²) >= 11 is 0. The highest BCUT2D eigenvalue weighted by atomic mass is 16.6. The van der Waals surface area contributed by atoms with E-state index >= 15 is 0 Å². The zero-order chi connectivity index (χ0) is 40.8. The molecule has 0 aromatic rings. The third kappa shape index (κ3) is 43.5. The van der Waals surface area contributed by atoms with E-state index in [1.807, 2.05) is 0 Å². The minimum atomic E-state index is -0.758. The summed E-state index contributed by atoms with van der Waals surface area (Å²) in [5.41, 5.74) is 0. The normalized spacial score (nSPS) is 11.8. The van der Waals surface area contributed by atoms with Crippen molar-refractivity contribution in [2.75, 3.05) is 13.2 Å². The molecule has 56 heavy (non-hydrogen) atoms. The second-order valence-corrected chi connectivity index (χ2v) is 17.1. The zero-order valence-electron chi connectivity index (χ0n) is 37.9. The SMILES string of the molecule is CCCCCCCCCCCCCCCCCC(=O)O[C@@H](COC(=O)CCCCCCCCCCC)COC(=O)CCCCCCCCCCCCCCCC. The van der Waals surface area contributed by atoms with E-state index in [-0.39, 0.29) is 31.1 Å². The molecule has 0 bridgehead atoms. The first-order valence-electron chi connectivity index (χ1n) is 25.0. The monoisotopic (exact) mass is 793 g/mol. The number of esters is 3. The van der Waals surface area contributed by atoms with Gasteiger partial charge in [-0.3, -0.25) is 14.4 Å². The van der Waals surface area contributed by atoms with Gasteiger partial charge >= 0.3 is 17.9 Å². The molecule has 0 N–H and O–H groups in total. The molecular weight excluding hydrogens is 697 g/mol. The van der Waals surface area contributed by atoms with Crippen molar-refractivity contribution in [2.24, 2.45) is 0 Å². The fourth-order valence-electron chi connectivity index (χ4n) is 7.56. The van der Waals surface area contributed by atoms with E-state index in [4.69, 9.17) is 14.2 Å². The van der Waals surface area contributed by atoms with Gasteiger partial charge in [0.15, 0.2) is 6.10 Å². The van der Waals surface area contributed by atoms with Crippen LogP contribution in [-0.2, 0) is 28.6 Å². The van der Waals surface area contributed by atoms with Gasteiger partial charge in [0, 0.05) is 19.3 Å². The molecule has 0 heterocycles. The third-order valence-corrected chi connectivity index (χ3v) is 11.4. The van der Waals surface area contributed by atoms with Crippen LogP contribution < -0.4 is 0 Å². The Labute approximate surface area is 348 Å². The van der Waals surface area contributed by atoms with Crippen molar-refractivity contribution in [1.82, 2.24) is 0 Å². The first kappa shape index (κ1) is 54.4. The molecule has 0 aromatic heterocycles. The first-order chi connectivity index (χ1) is 27.5. The summed E-state index contributed by atoms with van der Waals surface area (Å²) in [6, 6.07) is 0. The van der Waals surface area contributed by atoms with Crippen LogP contribution in [0.15, 0.2) is 0 Å². The average Bonchev–Trinajstić information content (AvgIpc) is 3.19. The van der Waals surface area contributed by atoms with Crippen molar-refractivity contribution >= 4 is 17.9 Å². The van der Waals surface area contributed by atoms with Crippen LogP contribution in [0.1, 0.15) is 284 Å². The van der Waals surface area contributed by atoms with Crippen LogP contribution in [0.25, 0.3) is 0 Å². The van der Waals surface area contributed by atoms with Crippen molar-refractivity contribution in [3.8, 4) is 0 Å². The minimum absolute atomic E-state index is 0.0622. The maximum atomic E-state index is 12.7. The second kappa shape index (κ2) is 46.1. The number of rotatable bonds is 46. The van der Waals surface area contributed by atoms with Crippen molar-refractivity contribution in [3.63, 3.8) is 0 Å². The summed E-state index contributed by atoms with van der Waals surface area (Å²) in [6.45, 7) is 6.66. The molecule has 0 fully saturated rings. The molecule has 6 heteroatoms. The Morgan fingerprint density at radius 1 is 0.286 bits per heavy atom. The van der Waals surface area contributed by atoms with Gasteiger partial charge in [-0.15, -0.1) is 0 Å². The van der Waals surface area contributed by atoms with Crippen LogP contribution in [0, 0.1) is 0 Å². The van der Waals surface area contributed by atoms with Gasteiger partial charge in [-0.2, -0.15) is 0 Å². The van der Waals surface area contributed by atoms with Crippen LogP contribution in [0.5, 0.6) is 0 Å². The number of unbranched alkanes of at least 4 members (excludes halogenated alkanes) is 35. The Bertz CT molecular complexity index is 828. The van der Waals surface area contributed by atoms with E-state index in [2.05, 4.69) is 20.8 Å². The molecule has 0 radical (unpaired) electrons. The molecule has 332 valence electrons. The lowest BCUT2D eigenvalue weighted by molar-refractivity contribution is -0.167. The van der Waals surface area contributed by atoms with Gasteiger partial charge in [0.1, 0.15) is 13.2 Å². The highest BCUT2D eigenvalue weighted by Gasteiger charge is 2.19. The summed E-state index contributed by atoms with van der Waals surface area (Å²) < 4.78 is 16.8. The lowest BCUT2D eigenvalue weighted by Gasteiger charge is -2.18. The Balaban J connectivity index is 4.27. The average molecular weight is 793 g/mol. The van der Waals surface area contributed by atoms with Crippen LogP contribution in [-0.4, -0.2) is 37.2 Å². The predicted octanol–water partition coefficient (Wildman–Crippen LogP) is 16.0. The minimum Gasteiger partial charge on any atom is -0.462 e. The molecule has 0 unspecified atom stereocenters. The lowest BCUT2D eigenvalue weighted by atomic mass is 10.0. The topological polar surface area (TPSA) is 78.9 Å². The Morgan fingerprint density at radius 2 is 0.482 bits per heavy atom. The molecule has 0 aliphatic rings. The van der Waals surface area contributed by atoms with Crippen LogP contribution >= 0.6 is 0 Å². The molecular formula is C50H96O6. The molecule has 0 aliphatic carbocycles. The number of carbonyl (C=O) groups excluding carboxylic acids is 3. The van der Waals surface area contributed by atoms with Crippen molar-refractivity contribution < 1.29 is 28.6 Å². The zero-order valence-corrected chi connectivity index (χ0v) is 37.9. The molecule has 0 saturated carbocycles. The van der Waals surface area contributed by atoms with Crippen molar-refractivity contribution in [2.45, 2.75) is 290 Å². The smallest absolute Gasteiger partial charge is 0.306 e. The Hall–Kier alpha value is -1.59. The van der Waals surface area contributed by atoms with E-state index in [0.717, 1.165) is 57.8 Å². The number of hydrogen-bond acceptors (Lipinski definition) is 6. The standard InChI is InChI=1S/C50H96O6/c1-4-7-10-13-16-19-21-23-25-27-29-32-35-38-41-44-50(53)56-47(45-54-48(51)42-39-36-33-30-18-15-12-9-6-3)46-55-49(52)43-40-37-34-31-28-26-24-22-20-17-14-11-8-5-2/h47H,4-46H2,1-3H3/t47-/m0/s1. The van der Waals surface area contributed by atoms with E-state index in [1.54, 1.807) is 0 Å². The number of ether oxygens (including phenoxy) is 3. The molecule has 1 atom stereocenters. The van der Waals surface area contributed by atoms with Crippen LogP contribution in [0.2, 0.25) is 0 Å². The fourth-order valence-corrected chi connectivity index (χ4v) is 7.56. The highest BCUT2D eigenvalue weighted by Crippen LogP contribution is 2.16. The summed E-state index contributed by atoms with van der Waals surface area (Å²) in [4.78, 5) is 37.8. The number of hydrogen-bond donors (Lipinski definition) is 0. The van der Waals surface area contributed by atoms with Crippen LogP contribution in [0.4, 0.5) is 0 Å². The maximum absolute atomic E-state index is 12.7. The van der Waals surface area contributed by atoms with Crippen molar-refractivity contribution in [3.05, 3.63) is 0 Å². The first-order valence-corrected chi connectivity index (χ1v) is 25.0. The quantitative estimate of drug-likeness (QED) is 0.0347. The molecule has 0 saturated heterocycles. The second-order valence-electron chi connectivity index (χ2n) is 17.1. The van der Waals surface area contributed by atoms with Gasteiger partial charge in [0.05, 0.1) is 0 Å². The fraction of sp³-hybridized carbons (Fsp3) is 0.940. The summed E-state index contributed by atoms with van der Waals surface area (Å²) in [5.74, 6) is -0.846. The van der Waals surface area contributed by atoms with E-state index in [9.17, 15) is 14.4 Å². The molecule has 0 rings (SSSR count). The molecule has 0 aliphatic heterocycles. The van der Waals surface area contributed by atoms with Gasteiger partial charge in [-0.1, -0.05) is 245 Å². The van der Waals surface area contributed by atoms with Gasteiger partial charge in [-0.05, 0) is 19.3 Å². The Kier molecular flexibility index (Phi) is 44.8. The molecule has 6 nitrogen and oxygen atoms in total. The van der Waals surface area contributed by atoms with Gasteiger partial charge in [-0.25, -0.2) is 0 Å². The lowest BCUT2D eigenvalue weighted by Crippen LogP contribution is -2.30. The molecule has 0 aromatic carbocycles. The van der Waals surface area contributed by atoms with Gasteiger partial charge in [0.2, 0.25) is 0 Å². The number of carbonyl (C=O) groups is 3. The Morgan fingerprint density at radius 3 is 0.714 bits per heavy atom. The van der Waals surface area contributed by atoms with Gasteiger partial charge in [0.25, 0.3) is 0 Å². The largest absolute Gasteiger partial charge is 0.462 e. The summed E-state index contributed by atoms with van der Waals surface area (Å²) in [7, 11) is 0. The maximum Gasteiger partial charge on any atom is 0.306 e. The molecule has 0 spiro atoms. The van der Waals surface area contributed by atoms with Gasteiger partial charge < -0.3 is 14.2 Å². The highest BCUT2D eigenvalue weighted by molar-refractivity contribution is 5.71. The van der Waals surface area contributed by atoms with Crippen molar-refractivity contribution in [1.29, 1.82) is 0 Å².